The molecule has 0 bridgehead atoms. The molecule has 1 rings (SSSR count). The SMILES string of the molecule is C=C(CCl)C1CCC(C(=O)OC(C)(C)C)(C(=O)OC(C)(C)C)C1. The largest absolute Gasteiger partial charge is 0.459 e. The average molecular weight is 345 g/mol. The van der Waals surface area contributed by atoms with Crippen LogP contribution < -0.4 is 0 Å². The Bertz CT molecular complexity index is 454. The number of carbonyl (C=O) groups excluding carboxylic acids is 2. The monoisotopic (exact) mass is 344 g/mol. The van der Waals surface area contributed by atoms with Crippen molar-refractivity contribution in [2.24, 2.45) is 11.3 Å². The fraction of sp³-hybridized carbons (Fsp3) is 0.778. The van der Waals surface area contributed by atoms with Crippen LogP contribution in [0, 0.1) is 11.3 Å². The van der Waals surface area contributed by atoms with Crippen LogP contribution in [0.4, 0.5) is 0 Å². The summed E-state index contributed by atoms with van der Waals surface area (Å²) in [6.45, 7) is 14.7. The normalized spacial score (nSPS) is 20.9. The Morgan fingerprint density at radius 1 is 1.09 bits per heavy atom. The van der Waals surface area contributed by atoms with Crippen LogP contribution in [0.5, 0.6) is 0 Å². The van der Waals surface area contributed by atoms with Crippen LogP contribution in [0.1, 0.15) is 60.8 Å². The second-order valence-corrected chi connectivity index (χ2v) is 8.58. The van der Waals surface area contributed by atoms with Gasteiger partial charge in [-0.25, -0.2) is 0 Å². The molecular weight excluding hydrogens is 316 g/mol. The van der Waals surface area contributed by atoms with Crippen molar-refractivity contribution in [2.45, 2.75) is 72.0 Å². The van der Waals surface area contributed by atoms with Gasteiger partial charge >= 0.3 is 11.9 Å². The smallest absolute Gasteiger partial charge is 0.324 e. The molecule has 1 unspecified atom stereocenters. The molecule has 1 aliphatic rings. The van der Waals surface area contributed by atoms with Crippen molar-refractivity contribution in [3.63, 3.8) is 0 Å². The summed E-state index contributed by atoms with van der Waals surface area (Å²) in [5, 5.41) is 0. The third kappa shape index (κ3) is 5.23. The Balaban J connectivity index is 3.10. The third-order valence-corrected chi connectivity index (χ3v) is 4.19. The van der Waals surface area contributed by atoms with Crippen LogP contribution in [0.15, 0.2) is 12.2 Å². The van der Waals surface area contributed by atoms with E-state index in [1.54, 1.807) is 41.5 Å². The standard InChI is InChI=1S/C18H29ClO4/c1-12(11-19)13-8-9-18(10-13,14(20)22-16(2,3)4)15(21)23-17(5,6)7/h13H,1,8-11H2,2-7H3. The average Bonchev–Trinajstić information content (AvgIpc) is 2.80. The van der Waals surface area contributed by atoms with Gasteiger partial charge < -0.3 is 9.47 Å². The topological polar surface area (TPSA) is 52.6 Å². The zero-order chi connectivity index (χ0) is 18.1. The highest BCUT2D eigenvalue weighted by atomic mass is 35.5. The first-order valence-corrected chi connectivity index (χ1v) is 8.55. The van der Waals surface area contributed by atoms with Crippen molar-refractivity contribution in [2.75, 3.05) is 5.88 Å². The van der Waals surface area contributed by atoms with Gasteiger partial charge in [0, 0.05) is 5.88 Å². The number of alkyl halides is 1. The summed E-state index contributed by atoms with van der Waals surface area (Å²) in [5.41, 5.74) is -1.73. The summed E-state index contributed by atoms with van der Waals surface area (Å²) in [7, 11) is 0. The van der Waals surface area contributed by atoms with E-state index in [1.807, 2.05) is 0 Å². The number of hydrogen-bond acceptors (Lipinski definition) is 4. The Morgan fingerprint density at radius 2 is 1.52 bits per heavy atom. The number of hydrogen-bond donors (Lipinski definition) is 0. The first-order valence-electron chi connectivity index (χ1n) is 8.01. The van der Waals surface area contributed by atoms with Crippen molar-refractivity contribution in [1.82, 2.24) is 0 Å². The first-order chi connectivity index (χ1) is 10.3. The van der Waals surface area contributed by atoms with Crippen molar-refractivity contribution in [1.29, 1.82) is 0 Å². The van der Waals surface area contributed by atoms with E-state index in [0.29, 0.717) is 25.1 Å². The lowest BCUT2D eigenvalue weighted by molar-refractivity contribution is -0.185. The molecule has 0 aromatic rings. The molecule has 5 heteroatoms. The molecule has 0 aromatic heterocycles. The van der Waals surface area contributed by atoms with Gasteiger partial charge in [0.05, 0.1) is 0 Å². The number of esters is 2. The molecular formula is C18H29ClO4. The van der Waals surface area contributed by atoms with E-state index in [9.17, 15) is 9.59 Å². The second-order valence-electron chi connectivity index (χ2n) is 8.32. The molecule has 0 radical (unpaired) electrons. The molecule has 0 aromatic carbocycles. The first kappa shape index (κ1) is 20.0. The molecule has 132 valence electrons. The van der Waals surface area contributed by atoms with E-state index in [-0.39, 0.29) is 5.92 Å². The molecule has 0 spiro atoms. The van der Waals surface area contributed by atoms with Crippen molar-refractivity contribution in [3.8, 4) is 0 Å². The molecule has 23 heavy (non-hydrogen) atoms. The predicted molar refractivity (Wildman–Crippen MR) is 91.3 cm³/mol. The Hall–Kier alpha value is -1.03. The van der Waals surface area contributed by atoms with Crippen LogP contribution in [0.2, 0.25) is 0 Å². The molecule has 0 saturated heterocycles. The molecule has 0 aliphatic heterocycles. The minimum absolute atomic E-state index is 0.0348. The summed E-state index contributed by atoms with van der Waals surface area (Å²) < 4.78 is 11.0. The van der Waals surface area contributed by atoms with Crippen molar-refractivity contribution < 1.29 is 19.1 Å². The Kier molecular flexibility index (Phi) is 5.95. The van der Waals surface area contributed by atoms with E-state index in [4.69, 9.17) is 21.1 Å². The van der Waals surface area contributed by atoms with Gasteiger partial charge in [0.1, 0.15) is 11.2 Å². The maximum Gasteiger partial charge on any atom is 0.324 e. The van der Waals surface area contributed by atoms with E-state index >= 15 is 0 Å². The quantitative estimate of drug-likeness (QED) is 0.331. The van der Waals surface area contributed by atoms with Gasteiger partial charge in [-0.3, -0.25) is 9.59 Å². The molecule has 1 saturated carbocycles. The van der Waals surface area contributed by atoms with E-state index in [0.717, 1.165) is 5.57 Å². The van der Waals surface area contributed by atoms with Gasteiger partial charge in [-0.1, -0.05) is 12.2 Å². The fourth-order valence-electron chi connectivity index (χ4n) is 2.71. The Labute approximate surface area is 144 Å². The number of allylic oxidation sites excluding steroid dienone is 1. The highest BCUT2D eigenvalue weighted by Crippen LogP contribution is 2.47. The molecule has 1 atom stereocenters. The highest BCUT2D eigenvalue weighted by Gasteiger charge is 2.55. The number of ether oxygens (including phenoxy) is 2. The number of rotatable bonds is 4. The van der Waals surface area contributed by atoms with E-state index in [1.165, 1.54) is 0 Å². The maximum absolute atomic E-state index is 12.8. The van der Waals surface area contributed by atoms with Crippen LogP contribution in [-0.4, -0.2) is 29.0 Å². The summed E-state index contributed by atoms with van der Waals surface area (Å²) in [6, 6.07) is 0. The van der Waals surface area contributed by atoms with Crippen molar-refractivity contribution >= 4 is 23.5 Å². The van der Waals surface area contributed by atoms with E-state index in [2.05, 4.69) is 6.58 Å². The van der Waals surface area contributed by atoms with Crippen LogP contribution >= 0.6 is 11.6 Å². The van der Waals surface area contributed by atoms with Gasteiger partial charge in [0.25, 0.3) is 0 Å². The molecule has 1 fully saturated rings. The summed E-state index contributed by atoms with van der Waals surface area (Å²) in [4.78, 5) is 25.6. The maximum atomic E-state index is 12.8. The molecule has 1 aliphatic carbocycles. The summed E-state index contributed by atoms with van der Waals surface area (Å²) in [5.74, 6) is -0.663. The van der Waals surface area contributed by atoms with Crippen LogP contribution in [0.25, 0.3) is 0 Å². The third-order valence-electron chi connectivity index (χ3n) is 3.84. The van der Waals surface area contributed by atoms with Gasteiger partial charge in [0.2, 0.25) is 0 Å². The predicted octanol–water partition coefficient (Wildman–Crippen LogP) is 4.25. The van der Waals surface area contributed by atoms with E-state index < -0.39 is 28.6 Å². The molecule has 4 nitrogen and oxygen atoms in total. The van der Waals surface area contributed by atoms with Gasteiger partial charge in [-0.15, -0.1) is 11.6 Å². The lowest BCUT2D eigenvalue weighted by Crippen LogP contribution is -2.45. The highest BCUT2D eigenvalue weighted by molar-refractivity contribution is 6.19. The minimum atomic E-state index is -1.26. The Morgan fingerprint density at radius 3 is 1.87 bits per heavy atom. The fourth-order valence-corrected chi connectivity index (χ4v) is 2.93. The lowest BCUT2D eigenvalue weighted by atomic mass is 9.83. The summed E-state index contributed by atoms with van der Waals surface area (Å²) in [6.07, 6.45) is 1.43. The minimum Gasteiger partial charge on any atom is -0.459 e. The number of halogens is 1. The molecule has 0 heterocycles. The van der Waals surface area contributed by atoms with Gasteiger partial charge in [0.15, 0.2) is 5.41 Å². The van der Waals surface area contributed by atoms with Gasteiger partial charge in [-0.2, -0.15) is 0 Å². The second kappa shape index (κ2) is 6.84. The molecule has 0 amide bonds. The van der Waals surface area contributed by atoms with Crippen molar-refractivity contribution in [3.05, 3.63) is 12.2 Å². The molecule has 0 N–H and O–H groups in total. The van der Waals surface area contributed by atoms with Gasteiger partial charge in [-0.05, 0) is 66.7 Å². The summed E-state index contributed by atoms with van der Waals surface area (Å²) >= 11 is 5.87. The lowest BCUT2D eigenvalue weighted by Gasteiger charge is -2.32. The zero-order valence-electron chi connectivity index (χ0n) is 15.1. The zero-order valence-corrected chi connectivity index (χ0v) is 15.9. The van der Waals surface area contributed by atoms with Crippen LogP contribution in [0.3, 0.4) is 0 Å². The number of carbonyl (C=O) groups is 2. The van der Waals surface area contributed by atoms with Crippen LogP contribution in [-0.2, 0) is 19.1 Å².